The van der Waals surface area contributed by atoms with E-state index >= 15 is 0 Å². The number of hydrogen-bond acceptors (Lipinski definition) is 5. The molecule has 2 N–H and O–H groups in total. The standard InChI is InChI=1S/C20H28N2O4S/c1-15(2)22-27(23,24)14-18-8-6-5-7-16(18)12-21-13-17-9-10-19(25-3)11-20(17)26-4/h5-11,15,21-22H,12-14H2,1-4H3. The highest BCUT2D eigenvalue weighted by atomic mass is 32.2. The lowest BCUT2D eigenvalue weighted by atomic mass is 10.1. The zero-order valence-electron chi connectivity index (χ0n) is 16.3. The van der Waals surface area contributed by atoms with E-state index in [0.717, 1.165) is 28.2 Å². The van der Waals surface area contributed by atoms with Gasteiger partial charge >= 0.3 is 0 Å². The molecule has 0 radical (unpaired) electrons. The molecule has 6 nitrogen and oxygen atoms in total. The Morgan fingerprint density at radius 3 is 2.22 bits per heavy atom. The number of methoxy groups -OCH3 is 2. The van der Waals surface area contributed by atoms with Crippen molar-refractivity contribution >= 4 is 10.0 Å². The Labute approximate surface area is 161 Å². The lowest BCUT2D eigenvalue weighted by molar-refractivity contribution is 0.390. The van der Waals surface area contributed by atoms with Crippen molar-refractivity contribution < 1.29 is 17.9 Å². The third kappa shape index (κ3) is 6.53. The molecule has 0 aliphatic carbocycles. The molecule has 27 heavy (non-hydrogen) atoms. The van der Waals surface area contributed by atoms with E-state index in [1.54, 1.807) is 14.2 Å². The minimum Gasteiger partial charge on any atom is -0.497 e. The quantitative estimate of drug-likeness (QED) is 0.650. The first-order valence-electron chi connectivity index (χ1n) is 8.83. The fourth-order valence-corrected chi connectivity index (χ4v) is 4.30. The molecule has 0 fully saturated rings. The number of rotatable bonds is 10. The monoisotopic (exact) mass is 392 g/mol. The van der Waals surface area contributed by atoms with Crippen molar-refractivity contribution in [1.82, 2.24) is 10.0 Å². The molecular formula is C20H28N2O4S. The highest BCUT2D eigenvalue weighted by Gasteiger charge is 2.15. The first-order chi connectivity index (χ1) is 12.8. The minimum atomic E-state index is -3.36. The summed E-state index contributed by atoms with van der Waals surface area (Å²) in [5.74, 6) is 1.46. The number of nitrogens with one attached hydrogen (secondary N) is 2. The van der Waals surface area contributed by atoms with Crippen LogP contribution in [-0.4, -0.2) is 28.7 Å². The smallest absolute Gasteiger partial charge is 0.216 e. The van der Waals surface area contributed by atoms with E-state index in [-0.39, 0.29) is 11.8 Å². The summed E-state index contributed by atoms with van der Waals surface area (Å²) < 4.78 is 37.7. The van der Waals surface area contributed by atoms with E-state index in [9.17, 15) is 8.42 Å². The first-order valence-corrected chi connectivity index (χ1v) is 10.5. The van der Waals surface area contributed by atoms with E-state index in [1.807, 2.05) is 56.3 Å². The SMILES string of the molecule is COc1ccc(CNCc2ccccc2CS(=O)(=O)NC(C)C)c(OC)c1. The lowest BCUT2D eigenvalue weighted by Gasteiger charge is -2.14. The van der Waals surface area contributed by atoms with Crippen molar-refractivity contribution in [3.05, 3.63) is 59.2 Å². The largest absolute Gasteiger partial charge is 0.497 e. The second-order valence-electron chi connectivity index (χ2n) is 6.58. The van der Waals surface area contributed by atoms with Gasteiger partial charge in [0.25, 0.3) is 0 Å². The summed E-state index contributed by atoms with van der Waals surface area (Å²) in [6.45, 7) is 4.78. The van der Waals surface area contributed by atoms with E-state index < -0.39 is 10.0 Å². The van der Waals surface area contributed by atoms with Crippen molar-refractivity contribution in [1.29, 1.82) is 0 Å². The van der Waals surface area contributed by atoms with Gasteiger partial charge in [-0.1, -0.05) is 30.3 Å². The van der Waals surface area contributed by atoms with E-state index in [1.165, 1.54) is 0 Å². The molecule has 0 spiro atoms. The zero-order chi connectivity index (χ0) is 19.9. The summed E-state index contributed by atoms with van der Waals surface area (Å²) in [6, 6.07) is 13.1. The van der Waals surface area contributed by atoms with Crippen molar-refractivity contribution in [2.45, 2.75) is 38.7 Å². The van der Waals surface area contributed by atoms with Gasteiger partial charge in [-0.2, -0.15) is 0 Å². The molecule has 0 bridgehead atoms. The molecule has 0 heterocycles. The number of hydrogen-bond donors (Lipinski definition) is 2. The zero-order valence-corrected chi connectivity index (χ0v) is 17.1. The van der Waals surface area contributed by atoms with Crippen LogP contribution >= 0.6 is 0 Å². The van der Waals surface area contributed by atoms with Crippen LogP contribution in [-0.2, 0) is 28.9 Å². The third-order valence-electron chi connectivity index (χ3n) is 4.00. The van der Waals surface area contributed by atoms with Gasteiger partial charge in [0.2, 0.25) is 10.0 Å². The maximum atomic E-state index is 12.2. The molecule has 0 aliphatic heterocycles. The molecule has 0 aromatic heterocycles. The van der Waals surface area contributed by atoms with E-state index in [0.29, 0.717) is 13.1 Å². The second kappa shape index (κ2) is 9.73. The highest BCUT2D eigenvalue weighted by Crippen LogP contribution is 2.24. The van der Waals surface area contributed by atoms with Gasteiger partial charge in [0.1, 0.15) is 11.5 Å². The van der Waals surface area contributed by atoms with Gasteiger partial charge < -0.3 is 14.8 Å². The predicted molar refractivity (Wildman–Crippen MR) is 107 cm³/mol. The molecular weight excluding hydrogens is 364 g/mol. The Morgan fingerprint density at radius 2 is 1.59 bits per heavy atom. The summed E-state index contributed by atoms with van der Waals surface area (Å²) in [4.78, 5) is 0. The van der Waals surface area contributed by atoms with Crippen LogP contribution in [0, 0.1) is 0 Å². The first kappa shape index (κ1) is 21.2. The maximum absolute atomic E-state index is 12.2. The fourth-order valence-electron chi connectivity index (χ4n) is 2.81. The van der Waals surface area contributed by atoms with E-state index in [2.05, 4.69) is 10.0 Å². The van der Waals surface area contributed by atoms with Gasteiger partial charge in [-0.3, -0.25) is 0 Å². The predicted octanol–water partition coefficient (Wildman–Crippen LogP) is 2.82. The van der Waals surface area contributed by atoms with Gasteiger partial charge in [0.05, 0.1) is 20.0 Å². The Bertz CT molecular complexity index is 851. The van der Waals surface area contributed by atoms with Gasteiger partial charge in [-0.05, 0) is 31.0 Å². The molecule has 2 aromatic carbocycles. The molecule has 7 heteroatoms. The summed E-state index contributed by atoms with van der Waals surface area (Å²) in [7, 11) is -0.122. The number of benzene rings is 2. The lowest BCUT2D eigenvalue weighted by Crippen LogP contribution is -2.31. The second-order valence-corrected chi connectivity index (χ2v) is 8.34. The average Bonchev–Trinajstić information content (AvgIpc) is 2.61. The molecule has 0 saturated heterocycles. The minimum absolute atomic E-state index is 0.0328. The van der Waals surface area contributed by atoms with Crippen LogP contribution in [0.3, 0.4) is 0 Å². The summed E-state index contributed by atoms with van der Waals surface area (Å²) in [5.41, 5.74) is 2.75. The van der Waals surface area contributed by atoms with Crippen molar-refractivity contribution in [2.75, 3.05) is 14.2 Å². The van der Waals surface area contributed by atoms with Gasteiger partial charge in [-0.15, -0.1) is 0 Å². The van der Waals surface area contributed by atoms with Gasteiger partial charge in [-0.25, -0.2) is 13.1 Å². The van der Waals surface area contributed by atoms with Crippen LogP contribution in [0.25, 0.3) is 0 Å². The summed E-state index contributed by atoms with van der Waals surface area (Å²) >= 11 is 0. The van der Waals surface area contributed by atoms with Gasteiger partial charge in [0.15, 0.2) is 0 Å². The fraction of sp³-hybridized carbons (Fsp3) is 0.400. The third-order valence-corrected chi connectivity index (χ3v) is 5.53. The Kier molecular flexibility index (Phi) is 7.65. The van der Waals surface area contributed by atoms with Crippen molar-refractivity contribution in [3.8, 4) is 11.5 Å². The molecule has 0 saturated carbocycles. The highest BCUT2D eigenvalue weighted by molar-refractivity contribution is 7.88. The normalized spacial score (nSPS) is 11.6. The van der Waals surface area contributed by atoms with Crippen molar-refractivity contribution in [3.63, 3.8) is 0 Å². The Morgan fingerprint density at radius 1 is 0.926 bits per heavy atom. The van der Waals surface area contributed by atoms with Crippen LogP contribution in [0.5, 0.6) is 11.5 Å². The van der Waals surface area contributed by atoms with Crippen molar-refractivity contribution in [2.24, 2.45) is 0 Å². The average molecular weight is 393 g/mol. The van der Waals surface area contributed by atoms with Gasteiger partial charge in [0, 0.05) is 30.8 Å². The van der Waals surface area contributed by atoms with Crippen LogP contribution < -0.4 is 19.5 Å². The van der Waals surface area contributed by atoms with Crippen LogP contribution in [0.1, 0.15) is 30.5 Å². The molecule has 2 aromatic rings. The summed E-state index contributed by atoms with van der Waals surface area (Å²) in [5, 5.41) is 3.36. The molecule has 2 rings (SSSR count). The molecule has 0 aliphatic rings. The molecule has 148 valence electrons. The molecule has 0 amide bonds. The van der Waals surface area contributed by atoms with Crippen LogP contribution in [0.2, 0.25) is 0 Å². The van der Waals surface area contributed by atoms with Crippen LogP contribution in [0.15, 0.2) is 42.5 Å². The maximum Gasteiger partial charge on any atom is 0.216 e. The Hall–Kier alpha value is -2.09. The number of ether oxygens (including phenoxy) is 2. The number of sulfonamides is 1. The Balaban J connectivity index is 2.05. The van der Waals surface area contributed by atoms with E-state index in [4.69, 9.17) is 9.47 Å². The molecule has 0 unspecified atom stereocenters. The summed E-state index contributed by atoms with van der Waals surface area (Å²) in [6.07, 6.45) is 0. The topological polar surface area (TPSA) is 76.7 Å². The van der Waals surface area contributed by atoms with Crippen LogP contribution in [0.4, 0.5) is 0 Å². The molecule has 0 atom stereocenters.